The summed E-state index contributed by atoms with van der Waals surface area (Å²) in [5.41, 5.74) is 0. The van der Waals surface area contributed by atoms with E-state index in [9.17, 15) is 4.79 Å². The van der Waals surface area contributed by atoms with Gasteiger partial charge in [-0.2, -0.15) is 0 Å². The maximum atomic E-state index is 13.2. The molecular formula is C21H36N4O. The number of hydrogen-bond donors (Lipinski definition) is 0. The van der Waals surface area contributed by atoms with E-state index in [0.29, 0.717) is 11.9 Å². The maximum absolute atomic E-state index is 13.2. The highest BCUT2D eigenvalue weighted by atomic mass is 16.2. The van der Waals surface area contributed by atoms with Crippen molar-refractivity contribution < 1.29 is 4.79 Å². The van der Waals surface area contributed by atoms with Gasteiger partial charge in [0, 0.05) is 44.5 Å². The highest BCUT2D eigenvalue weighted by Gasteiger charge is 2.31. The SMILES string of the molecule is CCc1nccn1C[C@H](C)C(=O)N1CCCC[C@@H]1CN1CCCCCC1. The quantitative estimate of drug-likeness (QED) is 0.781. The Morgan fingerprint density at radius 3 is 2.62 bits per heavy atom. The summed E-state index contributed by atoms with van der Waals surface area (Å²) in [4.78, 5) is 22.4. The first kappa shape index (κ1) is 19.4. The van der Waals surface area contributed by atoms with Gasteiger partial charge in [0.1, 0.15) is 5.82 Å². The molecule has 3 rings (SSSR count). The number of nitrogens with zero attached hydrogens (tertiary/aromatic N) is 4. The normalized spacial score (nSPS) is 23.6. The molecular weight excluding hydrogens is 324 g/mol. The van der Waals surface area contributed by atoms with Gasteiger partial charge in [0.2, 0.25) is 5.91 Å². The van der Waals surface area contributed by atoms with Gasteiger partial charge < -0.3 is 14.4 Å². The molecule has 0 radical (unpaired) electrons. The van der Waals surface area contributed by atoms with Crippen molar-refractivity contribution >= 4 is 5.91 Å². The Labute approximate surface area is 158 Å². The Morgan fingerprint density at radius 2 is 1.88 bits per heavy atom. The lowest BCUT2D eigenvalue weighted by Gasteiger charge is -2.40. The molecule has 0 aromatic carbocycles. The van der Waals surface area contributed by atoms with Crippen LogP contribution in [0.4, 0.5) is 0 Å². The summed E-state index contributed by atoms with van der Waals surface area (Å²) < 4.78 is 2.15. The van der Waals surface area contributed by atoms with Gasteiger partial charge in [-0.25, -0.2) is 4.98 Å². The monoisotopic (exact) mass is 360 g/mol. The number of imidazole rings is 1. The standard InChI is InChI=1S/C21H36N4O/c1-3-20-22-11-15-24(20)16-18(2)21(26)25-14-9-6-10-19(25)17-23-12-7-4-5-8-13-23/h11,15,18-19H,3-10,12-14,16-17H2,1-2H3/t18-,19+/m0/s1. The minimum atomic E-state index is 0.0132. The van der Waals surface area contributed by atoms with Crippen LogP contribution in [-0.4, -0.2) is 57.5 Å². The average molecular weight is 361 g/mol. The van der Waals surface area contributed by atoms with Crippen LogP contribution >= 0.6 is 0 Å². The van der Waals surface area contributed by atoms with Crippen LogP contribution in [0.2, 0.25) is 0 Å². The third-order valence-corrected chi connectivity index (χ3v) is 6.09. The first-order chi connectivity index (χ1) is 12.7. The van der Waals surface area contributed by atoms with Gasteiger partial charge >= 0.3 is 0 Å². The first-order valence-corrected chi connectivity index (χ1v) is 10.7. The fourth-order valence-corrected chi connectivity index (χ4v) is 4.57. The highest BCUT2D eigenvalue weighted by Crippen LogP contribution is 2.22. The molecule has 2 aliphatic rings. The minimum Gasteiger partial charge on any atom is -0.338 e. The third-order valence-electron chi connectivity index (χ3n) is 6.09. The molecule has 3 heterocycles. The van der Waals surface area contributed by atoms with Gasteiger partial charge in [-0.15, -0.1) is 0 Å². The molecule has 26 heavy (non-hydrogen) atoms. The molecule has 1 amide bonds. The zero-order valence-electron chi connectivity index (χ0n) is 16.7. The Balaban J connectivity index is 1.61. The van der Waals surface area contributed by atoms with Gasteiger partial charge in [0.15, 0.2) is 0 Å². The molecule has 0 bridgehead atoms. The molecule has 0 N–H and O–H groups in total. The smallest absolute Gasteiger partial charge is 0.227 e. The van der Waals surface area contributed by atoms with Crippen LogP contribution in [0.25, 0.3) is 0 Å². The van der Waals surface area contributed by atoms with Crippen molar-refractivity contribution in [2.45, 2.75) is 77.8 Å². The molecule has 1 aromatic rings. The van der Waals surface area contributed by atoms with Crippen LogP contribution in [-0.2, 0) is 17.8 Å². The van der Waals surface area contributed by atoms with Crippen molar-refractivity contribution in [1.82, 2.24) is 19.4 Å². The van der Waals surface area contributed by atoms with Crippen LogP contribution in [0.1, 0.15) is 64.6 Å². The minimum absolute atomic E-state index is 0.0132. The predicted octanol–water partition coefficient (Wildman–Crippen LogP) is 3.34. The summed E-state index contributed by atoms with van der Waals surface area (Å²) in [6, 6.07) is 0.408. The second-order valence-corrected chi connectivity index (χ2v) is 8.15. The molecule has 1 aromatic heterocycles. The van der Waals surface area contributed by atoms with Crippen LogP contribution < -0.4 is 0 Å². The topological polar surface area (TPSA) is 41.4 Å². The fraction of sp³-hybridized carbons (Fsp3) is 0.810. The van der Waals surface area contributed by atoms with E-state index in [2.05, 4.69) is 33.2 Å². The zero-order chi connectivity index (χ0) is 18.4. The summed E-state index contributed by atoms with van der Waals surface area (Å²) in [6.45, 7) is 9.38. The molecule has 0 unspecified atom stereocenters. The van der Waals surface area contributed by atoms with Crippen molar-refractivity contribution in [2.24, 2.45) is 5.92 Å². The van der Waals surface area contributed by atoms with Gasteiger partial charge in [0.05, 0.1) is 5.92 Å². The molecule has 0 aliphatic carbocycles. The van der Waals surface area contributed by atoms with Crippen molar-refractivity contribution in [3.8, 4) is 0 Å². The number of aromatic nitrogens is 2. The average Bonchev–Trinajstić information content (AvgIpc) is 2.95. The van der Waals surface area contributed by atoms with E-state index in [1.165, 1.54) is 51.6 Å². The lowest BCUT2D eigenvalue weighted by atomic mass is 9.98. The van der Waals surface area contributed by atoms with Crippen molar-refractivity contribution in [1.29, 1.82) is 0 Å². The lowest BCUT2D eigenvalue weighted by Crippen LogP contribution is -2.51. The lowest BCUT2D eigenvalue weighted by molar-refractivity contribution is -0.139. The number of hydrogen-bond acceptors (Lipinski definition) is 3. The van der Waals surface area contributed by atoms with Crippen molar-refractivity contribution in [3.63, 3.8) is 0 Å². The molecule has 0 saturated carbocycles. The first-order valence-electron chi connectivity index (χ1n) is 10.7. The van der Waals surface area contributed by atoms with E-state index in [4.69, 9.17) is 0 Å². The van der Waals surface area contributed by atoms with E-state index >= 15 is 0 Å². The van der Waals surface area contributed by atoms with Crippen LogP contribution in [0, 0.1) is 5.92 Å². The summed E-state index contributed by atoms with van der Waals surface area (Å²) in [6.07, 6.45) is 13.7. The number of amides is 1. The van der Waals surface area contributed by atoms with E-state index in [0.717, 1.165) is 38.3 Å². The van der Waals surface area contributed by atoms with Crippen LogP contribution in [0.5, 0.6) is 0 Å². The largest absolute Gasteiger partial charge is 0.338 e. The maximum Gasteiger partial charge on any atom is 0.227 e. The Bertz CT molecular complexity index is 562. The molecule has 0 spiro atoms. The number of aryl methyl sites for hydroxylation is 1. The number of carbonyl (C=O) groups is 1. The number of carbonyl (C=O) groups excluding carboxylic acids is 1. The van der Waals surface area contributed by atoms with Crippen molar-refractivity contribution in [3.05, 3.63) is 18.2 Å². The Kier molecular flexibility index (Phi) is 7.12. The number of likely N-dealkylation sites (tertiary alicyclic amines) is 2. The van der Waals surface area contributed by atoms with Gasteiger partial charge in [0.25, 0.3) is 0 Å². The molecule has 2 fully saturated rings. The van der Waals surface area contributed by atoms with Crippen LogP contribution in [0.3, 0.4) is 0 Å². The molecule has 2 aliphatic heterocycles. The van der Waals surface area contributed by atoms with Crippen molar-refractivity contribution in [2.75, 3.05) is 26.2 Å². The molecule has 2 saturated heterocycles. The van der Waals surface area contributed by atoms with E-state index < -0.39 is 0 Å². The third kappa shape index (κ3) is 4.87. The van der Waals surface area contributed by atoms with Gasteiger partial charge in [-0.3, -0.25) is 4.79 Å². The summed E-state index contributed by atoms with van der Waals surface area (Å²) in [7, 11) is 0. The molecule has 2 atom stereocenters. The summed E-state index contributed by atoms with van der Waals surface area (Å²) >= 11 is 0. The van der Waals surface area contributed by atoms with E-state index in [-0.39, 0.29) is 5.92 Å². The number of rotatable bonds is 6. The fourth-order valence-electron chi connectivity index (χ4n) is 4.57. The van der Waals surface area contributed by atoms with Crippen LogP contribution in [0.15, 0.2) is 12.4 Å². The predicted molar refractivity (Wildman–Crippen MR) is 105 cm³/mol. The Morgan fingerprint density at radius 1 is 1.15 bits per heavy atom. The van der Waals surface area contributed by atoms with E-state index in [1.54, 1.807) is 0 Å². The van der Waals surface area contributed by atoms with E-state index in [1.807, 2.05) is 12.4 Å². The number of piperidine rings is 1. The van der Waals surface area contributed by atoms with Gasteiger partial charge in [-0.05, 0) is 45.2 Å². The second-order valence-electron chi connectivity index (χ2n) is 8.15. The molecule has 5 nitrogen and oxygen atoms in total. The molecule has 5 heteroatoms. The highest BCUT2D eigenvalue weighted by molar-refractivity contribution is 5.79. The van der Waals surface area contributed by atoms with Gasteiger partial charge in [-0.1, -0.05) is 26.7 Å². The molecule has 146 valence electrons. The summed E-state index contributed by atoms with van der Waals surface area (Å²) in [5, 5.41) is 0. The Hall–Kier alpha value is -1.36. The second kappa shape index (κ2) is 9.54. The zero-order valence-corrected chi connectivity index (χ0v) is 16.7. The summed E-state index contributed by atoms with van der Waals surface area (Å²) in [5.74, 6) is 1.42.